The Labute approximate surface area is 180 Å². The SMILES string of the molecule is CC1CCC2(CC1)NC(=O)N(NC(=O)CN(Cc1cccs1)CC1CCCO1)C2=O. The summed E-state index contributed by atoms with van der Waals surface area (Å²) in [5.41, 5.74) is 1.69. The van der Waals surface area contributed by atoms with E-state index >= 15 is 0 Å². The molecule has 3 aliphatic rings. The average molecular weight is 435 g/mol. The van der Waals surface area contributed by atoms with Crippen molar-refractivity contribution in [2.75, 3.05) is 19.7 Å². The van der Waals surface area contributed by atoms with Crippen molar-refractivity contribution in [1.29, 1.82) is 0 Å². The van der Waals surface area contributed by atoms with E-state index in [1.807, 2.05) is 22.4 Å². The predicted octanol–water partition coefficient (Wildman–Crippen LogP) is 2.26. The quantitative estimate of drug-likeness (QED) is 0.643. The number of imide groups is 1. The number of ether oxygens (including phenoxy) is 1. The van der Waals surface area contributed by atoms with Gasteiger partial charge >= 0.3 is 6.03 Å². The topological polar surface area (TPSA) is 91.0 Å². The summed E-state index contributed by atoms with van der Waals surface area (Å²) >= 11 is 1.64. The summed E-state index contributed by atoms with van der Waals surface area (Å²) in [7, 11) is 0. The van der Waals surface area contributed by atoms with E-state index in [4.69, 9.17) is 4.74 Å². The molecule has 1 spiro atoms. The van der Waals surface area contributed by atoms with E-state index in [-0.39, 0.29) is 24.5 Å². The lowest BCUT2D eigenvalue weighted by atomic mass is 9.77. The van der Waals surface area contributed by atoms with E-state index in [2.05, 4.69) is 17.7 Å². The van der Waals surface area contributed by atoms with Gasteiger partial charge in [-0.3, -0.25) is 19.9 Å². The molecule has 2 N–H and O–H groups in total. The van der Waals surface area contributed by atoms with Gasteiger partial charge in [-0.1, -0.05) is 13.0 Å². The highest BCUT2D eigenvalue weighted by Crippen LogP contribution is 2.35. The van der Waals surface area contributed by atoms with Gasteiger partial charge in [0.1, 0.15) is 5.54 Å². The maximum Gasteiger partial charge on any atom is 0.344 e. The summed E-state index contributed by atoms with van der Waals surface area (Å²) in [5.74, 6) is -0.154. The lowest BCUT2D eigenvalue weighted by molar-refractivity contribution is -0.140. The monoisotopic (exact) mass is 434 g/mol. The van der Waals surface area contributed by atoms with Crippen LogP contribution in [0.4, 0.5) is 4.79 Å². The molecule has 1 aromatic rings. The van der Waals surface area contributed by atoms with Gasteiger partial charge in [-0.05, 0) is 55.9 Å². The first-order valence-corrected chi connectivity index (χ1v) is 11.7. The summed E-state index contributed by atoms with van der Waals surface area (Å²) in [4.78, 5) is 41.3. The summed E-state index contributed by atoms with van der Waals surface area (Å²) < 4.78 is 5.74. The van der Waals surface area contributed by atoms with Crippen LogP contribution in [0.3, 0.4) is 0 Å². The van der Waals surface area contributed by atoms with Crippen LogP contribution in [-0.4, -0.2) is 59.1 Å². The largest absolute Gasteiger partial charge is 0.377 e. The minimum Gasteiger partial charge on any atom is -0.377 e. The Hall–Kier alpha value is -1.97. The Morgan fingerprint density at radius 1 is 1.37 bits per heavy atom. The van der Waals surface area contributed by atoms with Gasteiger partial charge in [-0.2, -0.15) is 5.01 Å². The number of amides is 4. The number of rotatable bonds is 7. The summed E-state index contributed by atoms with van der Waals surface area (Å²) in [6, 6.07) is 3.49. The van der Waals surface area contributed by atoms with Gasteiger partial charge < -0.3 is 10.1 Å². The number of carbonyl (C=O) groups excluding carboxylic acids is 3. The van der Waals surface area contributed by atoms with Crippen molar-refractivity contribution in [3.8, 4) is 0 Å². The van der Waals surface area contributed by atoms with Crippen molar-refractivity contribution in [3.63, 3.8) is 0 Å². The number of carbonyl (C=O) groups is 3. The fourth-order valence-electron chi connectivity index (χ4n) is 4.56. The standard InChI is InChI=1S/C21H30N4O4S/c1-15-6-8-21(9-7-15)19(27)25(20(28)22-21)23-18(26)14-24(12-16-4-2-10-29-16)13-17-5-3-11-30-17/h3,5,11,15-16H,2,4,6-10,12-14H2,1H3,(H,22,28)(H,23,26). The third kappa shape index (κ3) is 4.68. The molecule has 2 aliphatic heterocycles. The molecule has 1 unspecified atom stereocenters. The summed E-state index contributed by atoms with van der Waals surface area (Å²) in [6.07, 6.45) is 5.15. The molecule has 0 radical (unpaired) electrons. The van der Waals surface area contributed by atoms with Crippen LogP contribution in [0.15, 0.2) is 17.5 Å². The second-order valence-corrected chi connectivity index (χ2v) is 9.79. The third-order valence-corrected chi connectivity index (χ3v) is 7.20. The lowest BCUT2D eigenvalue weighted by Crippen LogP contribution is -2.53. The van der Waals surface area contributed by atoms with Crippen LogP contribution >= 0.6 is 11.3 Å². The Bertz CT molecular complexity index is 770. The van der Waals surface area contributed by atoms with E-state index in [9.17, 15) is 14.4 Å². The van der Waals surface area contributed by atoms with Crippen LogP contribution in [0, 0.1) is 5.92 Å². The van der Waals surface area contributed by atoms with Crippen LogP contribution in [0.1, 0.15) is 50.3 Å². The molecule has 0 bridgehead atoms. The Morgan fingerprint density at radius 2 is 2.17 bits per heavy atom. The van der Waals surface area contributed by atoms with Gasteiger partial charge in [0.05, 0.1) is 12.6 Å². The predicted molar refractivity (Wildman–Crippen MR) is 112 cm³/mol. The van der Waals surface area contributed by atoms with Crippen LogP contribution in [0.2, 0.25) is 0 Å². The van der Waals surface area contributed by atoms with Gasteiger partial charge in [0, 0.05) is 24.6 Å². The minimum atomic E-state index is -0.856. The summed E-state index contributed by atoms with van der Waals surface area (Å²) in [5, 5.41) is 5.73. The second kappa shape index (κ2) is 9.03. The molecular formula is C21H30N4O4S. The van der Waals surface area contributed by atoms with Crippen LogP contribution in [0.25, 0.3) is 0 Å². The molecule has 4 rings (SSSR count). The first-order chi connectivity index (χ1) is 14.4. The smallest absolute Gasteiger partial charge is 0.344 e. The van der Waals surface area contributed by atoms with Crippen LogP contribution < -0.4 is 10.7 Å². The van der Waals surface area contributed by atoms with E-state index in [0.29, 0.717) is 31.8 Å². The molecule has 1 atom stereocenters. The van der Waals surface area contributed by atoms with Crippen molar-refractivity contribution in [3.05, 3.63) is 22.4 Å². The molecule has 1 saturated carbocycles. The maximum absolute atomic E-state index is 13.0. The van der Waals surface area contributed by atoms with E-state index in [0.717, 1.165) is 42.2 Å². The Balaban J connectivity index is 1.37. The molecule has 164 valence electrons. The number of nitrogens with zero attached hydrogens (tertiary/aromatic N) is 2. The third-order valence-electron chi connectivity index (χ3n) is 6.34. The van der Waals surface area contributed by atoms with E-state index < -0.39 is 11.6 Å². The van der Waals surface area contributed by atoms with E-state index in [1.54, 1.807) is 11.3 Å². The van der Waals surface area contributed by atoms with Gasteiger partial charge in [-0.15, -0.1) is 11.3 Å². The first kappa shape index (κ1) is 21.3. The maximum atomic E-state index is 13.0. The van der Waals surface area contributed by atoms with Gasteiger partial charge in [-0.25, -0.2) is 4.79 Å². The number of hydrazine groups is 1. The summed E-state index contributed by atoms with van der Waals surface area (Å²) in [6.45, 7) is 4.29. The molecular weight excluding hydrogens is 404 g/mol. The molecule has 3 fully saturated rings. The zero-order chi connectivity index (χ0) is 21.1. The highest BCUT2D eigenvalue weighted by Gasteiger charge is 2.52. The number of urea groups is 1. The Morgan fingerprint density at radius 3 is 2.83 bits per heavy atom. The molecule has 9 heteroatoms. The molecule has 4 amide bonds. The van der Waals surface area contributed by atoms with E-state index in [1.165, 1.54) is 0 Å². The molecule has 30 heavy (non-hydrogen) atoms. The van der Waals surface area contributed by atoms with Crippen molar-refractivity contribution >= 4 is 29.2 Å². The number of thiophene rings is 1. The number of hydrogen-bond donors (Lipinski definition) is 2. The molecule has 1 aromatic heterocycles. The molecule has 1 aliphatic carbocycles. The van der Waals surface area contributed by atoms with Crippen molar-refractivity contribution in [2.45, 2.75) is 63.6 Å². The fourth-order valence-corrected chi connectivity index (χ4v) is 5.31. The first-order valence-electron chi connectivity index (χ1n) is 10.8. The Kier molecular flexibility index (Phi) is 6.40. The fraction of sp³-hybridized carbons (Fsp3) is 0.667. The minimum absolute atomic E-state index is 0.0961. The average Bonchev–Trinajstić information content (AvgIpc) is 3.45. The molecule has 8 nitrogen and oxygen atoms in total. The highest BCUT2D eigenvalue weighted by molar-refractivity contribution is 7.09. The zero-order valence-electron chi connectivity index (χ0n) is 17.4. The molecule has 0 aromatic carbocycles. The van der Waals surface area contributed by atoms with Crippen molar-refractivity contribution in [1.82, 2.24) is 20.7 Å². The lowest BCUT2D eigenvalue weighted by Gasteiger charge is -2.33. The zero-order valence-corrected chi connectivity index (χ0v) is 18.2. The highest BCUT2D eigenvalue weighted by atomic mass is 32.1. The number of hydrogen-bond acceptors (Lipinski definition) is 6. The van der Waals surface area contributed by atoms with Crippen molar-refractivity contribution in [2.24, 2.45) is 5.92 Å². The van der Waals surface area contributed by atoms with Gasteiger partial charge in [0.15, 0.2) is 0 Å². The van der Waals surface area contributed by atoms with Gasteiger partial charge in [0.2, 0.25) is 0 Å². The molecule has 2 saturated heterocycles. The van der Waals surface area contributed by atoms with Gasteiger partial charge in [0.25, 0.3) is 11.8 Å². The van der Waals surface area contributed by atoms with Crippen LogP contribution in [-0.2, 0) is 20.9 Å². The second-order valence-electron chi connectivity index (χ2n) is 8.75. The normalized spacial score (nSPS) is 29.1. The molecule has 3 heterocycles. The number of nitrogens with one attached hydrogen (secondary N) is 2. The van der Waals surface area contributed by atoms with Crippen LogP contribution in [0.5, 0.6) is 0 Å². The van der Waals surface area contributed by atoms with Crippen molar-refractivity contribution < 1.29 is 19.1 Å².